The first-order valence-corrected chi connectivity index (χ1v) is 8.73. The van der Waals surface area contributed by atoms with Gasteiger partial charge in [-0.1, -0.05) is 0 Å². The lowest BCUT2D eigenvalue weighted by Crippen LogP contribution is -2.33. The maximum absolute atomic E-state index is 13.8. The first-order valence-electron chi connectivity index (χ1n) is 8.73. The number of carbonyl (C=O) groups is 1. The molecule has 0 aromatic carbocycles. The molecule has 10 heteroatoms. The van der Waals surface area contributed by atoms with E-state index in [-0.39, 0.29) is 41.1 Å². The van der Waals surface area contributed by atoms with Gasteiger partial charge in [0.1, 0.15) is 6.61 Å². The number of fused-ring (bicyclic) bond motifs is 1. The van der Waals surface area contributed by atoms with E-state index in [2.05, 4.69) is 20.5 Å². The number of halogens is 3. The van der Waals surface area contributed by atoms with Crippen LogP contribution in [0.1, 0.15) is 44.0 Å². The Morgan fingerprint density at radius 3 is 2.85 bits per heavy atom. The predicted octanol–water partition coefficient (Wildman–Crippen LogP) is 3.11. The SMILES string of the molecule is COCC(=O)N1CCCC1c1cc(C(F)(F)F)c2c(NC(C)C)n[nH]c2n1. The van der Waals surface area contributed by atoms with Crippen LogP contribution in [0.15, 0.2) is 6.07 Å². The van der Waals surface area contributed by atoms with Gasteiger partial charge in [0.2, 0.25) is 5.91 Å². The van der Waals surface area contributed by atoms with Crippen LogP contribution in [0.4, 0.5) is 19.0 Å². The molecule has 0 saturated carbocycles. The highest BCUT2D eigenvalue weighted by Crippen LogP contribution is 2.40. The van der Waals surface area contributed by atoms with E-state index in [4.69, 9.17) is 4.74 Å². The number of nitrogens with zero attached hydrogens (tertiary/aromatic N) is 3. The summed E-state index contributed by atoms with van der Waals surface area (Å²) in [6.07, 6.45) is -3.33. The number of amides is 1. The summed E-state index contributed by atoms with van der Waals surface area (Å²) in [4.78, 5) is 18.1. The van der Waals surface area contributed by atoms with Gasteiger partial charge in [-0.05, 0) is 32.8 Å². The largest absolute Gasteiger partial charge is 0.417 e. The van der Waals surface area contributed by atoms with Gasteiger partial charge in [0.05, 0.1) is 22.7 Å². The fourth-order valence-electron chi connectivity index (χ4n) is 3.40. The van der Waals surface area contributed by atoms with E-state index in [9.17, 15) is 18.0 Å². The first kappa shape index (κ1) is 19.4. The van der Waals surface area contributed by atoms with Gasteiger partial charge in [0, 0.05) is 19.7 Å². The van der Waals surface area contributed by atoms with Crippen LogP contribution < -0.4 is 5.32 Å². The maximum atomic E-state index is 13.8. The highest BCUT2D eigenvalue weighted by Gasteiger charge is 2.38. The van der Waals surface area contributed by atoms with E-state index in [1.807, 2.05) is 13.8 Å². The van der Waals surface area contributed by atoms with Gasteiger partial charge in [-0.2, -0.15) is 18.3 Å². The molecule has 1 aliphatic rings. The third-order valence-electron chi connectivity index (χ3n) is 4.46. The number of anilines is 1. The average molecular weight is 385 g/mol. The average Bonchev–Trinajstić information content (AvgIpc) is 3.20. The number of ether oxygens (including phenoxy) is 1. The third kappa shape index (κ3) is 3.85. The molecule has 2 aromatic heterocycles. The Labute approximate surface area is 154 Å². The molecule has 7 nitrogen and oxygen atoms in total. The second kappa shape index (κ2) is 7.34. The van der Waals surface area contributed by atoms with E-state index in [0.29, 0.717) is 19.4 Å². The quantitative estimate of drug-likeness (QED) is 0.826. The Hall–Kier alpha value is -2.36. The van der Waals surface area contributed by atoms with Crippen molar-refractivity contribution < 1.29 is 22.7 Å². The highest BCUT2D eigenvalue weighted by atomic mass is 19.4. The number of H-pyrrole nitrogens is 1. The monoisotopic (exact) mass is 385 g/mol. The predicted molar refractivity (Wildman–Crippen MR) is 93.2 cm³/mol. The summed E-state index contributed by atoms with van der Waals surface area (Å²) in [7, 11) is 1.41. The van der Waals surface area contributed by atoms with Crippen molar-refractivity contribution >= 4 is 22.8 Å². The fourth-order valence-corrected chi connectivity index (χ4v) is 3.40. The number of aromatic nitrogens is 3. The number of methoxy groups -OCH3 is 1. The second-order valence-corrected chi connectivity index (χ2v) is 6.87. The summed E-state index contributed by atoms with van der Waals surface area (Å²) in [6.45, 7) is 3.98. The van der Waals surface area contributed by atoms with Crippen molar-refractivity contribution in [2.45, 2.75) is 44.9 Å². The standard InChI is InChI=1S/C17H22F3N5O2/c1-9(2)21-15-14-10(17(18,19)20)7-11(22-16(14)24-23-15)12-5-4-6-25(12)13(26)8-27-3/h7,9,12H,4-6,8H2,1-3H3,(H2,21,22,23,24). The Bertz CT molecular complexity index is 834. The molecule has 1 saturated heterocycles. The van der Waals surface area contributed by atoms with Crippen molar-refractivity contribution in [3.05, 3.63) is 17.3 Å². The van der Waals surface area contributed by atoms with Crippen molar-refractivity contribution in [1.29, 1.82) is 0 Å². The lowest BCUT2D eigenvalue weighted by Gasteiger charge is -2.25. The summed E-state index contributed by atoms with van der Waals surface area (Å²) in [5.74, 6) is -0.146. The molecule has 1 fully saturated rings. The molecular formula is C17H22F3N5O2. The molecule has 148 valence electrons. The van der Waals surface area contributed by atoms with Gasteiger partial charge < -0.3 is 15.0 Å². The molecule has 1 atom stereocenters. The molecule has 2 aromatic rings. The van der Waals surface area contributed by atoms with E-state index in [0.717, 1.165) is 6.07 Å². The third-order valence-corrected chi connectivity index (χ3v) is 4.46. The zero-order valence-electron chi connectivity index (χ0n) is 15.4. The Morgan fingerprint density at radius 2 is 2.22 bits per heavy atom. The normalized spacial score (nSPS) is 17.9. The highest BCUT2D eigenvalue weighted by molar-refractivity contribution is 5.91. The van der Waals surface area contributed by atoms with Gasteiger partial charge in [0.15, 0.2) is 11.5 Å². The summed E-state index contributed by atoms with van der Waals surface area (Å²) >= 11 is 0. The van der Waals surface area contributed by atoms with Crippen LogP contribution in [0.25, 0.3) is 11.0 Å². The number of aromatic amines is 1. The van der Waals surface area contributed by atoms with Gasteiger partial charge in [-0.25, -0.2) is 4.98 Å². The lowest BCUT2D eigenvalue weighted by molar-refractivity contribution is -0.136. The van der Waals surface area contributed by atoms with Crippen LogP contribution in [-0.4, -0.2) is 52.3 Å². The van der Waals surface area contributed by atoms with Crippen LogP contribution >= 0.6 is 0 Å². The van der Waals surface area contributed by atoms with E-state index >= 15 is 0 Å². The van der Waals surface area contributed by atoms with Crippen molar-refractivity contribution in [3.63, 3.8) is 0 Å². The lowest BCUT2D eigenvalue weighted by atomic mass is 10.0. The molecule has 1 aliphatic heterocycles. The molecule has 2 N–H and O–H groups in total. The van der Waals surface area contributed by atoms with Gasteiger partial charge in [-0.15, -0.1) is 0 Å². The molecule has 3 rings (SSSR count). The smallest absolute Gasteiger partial charge is 0.375 e. The van der Waals surface area contributed by atoms with Crippen molar-refractivity contribution in [2.24, 2.45) is 0 Å². The summed E-state index contributed by atoms with van der Waals surface area (Å²) in [5, 5.41) is 9.37. The zero-order valence-corrected chi connectivity index (χ0v) is 15.4. The van der Waals surface area contributed by atoms with Crippen molar-refractivity contribution in [3.8, 4) is 0 Å². The Morgan fingerprint density at radius 1 is 1.48 bits per heavy atom. The molecule has 0 radical (unpaired) electrons. The van der Waals surface area contributed by atoms with E-state index in [1.165, 1.54) is 12.0 Å². The van der Waals surface area contributed by atoms with Crippen LogP contribution in [0, 0.1) is 0 Å². The number of rotatable bonds is 5. The van der Waals surface area contributed by atoms with Gasteiger partial charge in [-0.3, -0.25) is 9.89 Å². The molecule has 3 heterocycles. The molecule has 0 spiro atoms. The fraction of sp³-hybridized carbons (Fsp3) is 0.588. The number of carbonyl (C=O) groups excluding carboxylic acids is 1. The number of hydrogen-bond donors (Lipinski definition) is 2. The number of likely N-dealkylation sites (tertiary alicyclic amines) is 1. The topological polar surface area (TPSA) is 83.1 Å². The summed E-state index contributed by atoms with van der Waals surface area (Å²) in [6, 6.07) is 0.434. The van der Waals surface area contributed by atoms with Crippen LogP contribution in [0.5, 0.6) is 0 Å². The minimum Gasteiger partial charge on any atom is -0.375 e. The molecule has 27 heavy (non-hydrogen) atoms. The summed E-state index contributed by atoms with van der Waals surface area (Å²) < 4.78 is 46.1. The number of pyridine rings is 1. The van der Waals surface area contributed by atoms with Crippen LogP contribution in [0.2, 0.25) is 0 Å². The van der Waals surface area contributed by atoms with Crippen LogP contribution in [0.3, 0.4) is 0 Å². The molecule has 1 amide bonds. The van der Waals surface area contributed by atoms with E-state index < -0.39 is 17.8 Å². The first-order chi connectivity index (χ1) is 12.7. The zero-order chi connectivity index (χ0) is 19.8. The minimum absolute atomic E-state index is 0.0500. The van der Waals surface area contributed by atoms with Crippen molar-refractivity contribution in [1.82, 2.24) is 20.1 Å². The van der Waals surface area contributed by atoms with Gasteiger partial charge >= 0.3 is 6.18 Å². The number of hydrogen-bond acceptors (Lipinski definition) is 5. The molecular weight excluding hydrogens is 363 g/mol. The Balaban J connectivity index is 2.09. The minimum atomic E-state index is -4.58. The number of alkyl halides is 3. The summed E-state index contributed by atoms with van der Waals surface area (Å²) in [5.41, 5.74) is -0.559. The van der Waals surface area contributed by atoms with E-state index in [1.54, 1.807) is 0 Å². The number of nitrogens with one attached hydrogen (secondary N) is 2. The van der Waals surface area contributed by atoms with Gasteiger partial charge in [0.25, 0.3) is 0 Å². The molecule has 0 aliphatic carbocycles. The van der Waals surface area contributed by atoms with Crippen molar-refractivity contribution in [2.75, 3.05) is 25.6 Å². The molecule has 0 bridgehead atoms. The maximum Gasteiger partial charge on any atom is 0.417 e. The Kier molecular flexibility index (Phi) is 5.27. The van der Waals surface area contributed by atoms with Crippen LogP contribution in [-0.2, 0) is 15.7 Å². The second-order valence-electron chi connectivity index (χ2n) is 6.87. The molecule has 1 unspecified atom stereocenters.